The zero-order chi connectivity index (χ0) is 15.8. The molecule has 0 aliphatic rings. The number of ether oxygens (including phenoxy) is 1. The number of nitrogens with one attached hydrogen (secondary N) is 1. The predicted molar refractivity (Wildman–Crippen MR) is 83.3 cm³/mol. The van der Waals surface area contributed by atoms with Crippen LogP contribution in [0.1, 0.15) is 5.56 Å². The van der Waals surface area contributed by atoms with E-state index in [0.717, 1.165) is 10.6 Å². The Hall–Kier alpha value is -2.53. The van der Waals surface area contributed by atoms with Gasteiger partial charge in [-0.1, -0.05) is 48.5 Å². The molecule has 0 fully saturated rings. The molecule has 0 radical (unpaired) electrons. The molecule has 0 spiro atoms. The van der Waals surface area contributed by atoms with Crippen molar-refractivity contribution < 1.29 is 14.3 Å². The topological polar surface area (TPSA) is 58.6 Å². The highest BCUT2D eigenvalue weighted by Crippen LogP contribution is 2.09. The summed E-state index contributed by atoms with van der Waals surface area (Å²) in [6.07, 6.45) is -0.749. The monoisotopic (exact) mass is 318 g/mol. The first-order valence-electron chi connectivity index (χ1n) is 6.63. The number of benzene rings is 2. The number of halogens is 1. The number of hydrazine groups is 1. The number of carbonyl (C=O) groups excluding carboxylic acids is 2. The van der Waals surface area contributed by atoms with Gasteiger partial charge < -0.3 is 4.74 Å². The summed E-state index contributed by atoms with van der Waals surface area (Å²) < 4.78 is 5.09. The predicted octanol–water partition coefficient (Wildman–Crippen LogP) is 2.96. The summed E-state index contributed by atoms with van der Waals surface area (Å²) in [6.45, 7) is 0.205. The van der Waals surface area contributed by atoms with Gasteiger partial charge in [-0.3, -0.25) is 4.79 Å². The second-order valence-corrected chi connectivity index (χ2v) is 4.68. The summed E-state index contributed by atoms with van der Waals surface area (Å²) in [5.41, 5.74) is 3.26. The Morgan fingerprint density at radius 1 is 1.00 bits per heavy atom. The lowest BCUT2D eigenvalue weighted by atomic mass is 10.2. The highest BCUT2D eigenvalue weighted by Gasteiger charge is 2.17. The van der Waals surface area contributed by atoms with Gasteiger partial charge >= 0.3 is 6.09 Å². The van der Waals surface area contributed by atoms with Crippen molar-refractivity contribution in [3.63, 3.8) is 0 Å². The molecule has 1 N–H and O–H groups in total. The fourth-order valence-corrected chi connectivity index (χ4v) is 1.90. The minimum absolute atomic E-state index is 0.205. The third-order valence-electron chi connectivity index (χ3n) is 2.78. The van der Waals surface area contributed by atoms with E-state index in [4.69, 9.17) is 16.3 Å². The second kappa shape index (κ2) is 8.05. The molecule has 2 rings (SSSR count). The van der Waals surface area contributed by atoms with Crippen molar-refractivity contribution in [2.24, 2.45) is 0 Å². The molecule has 2 aromatic rings. The molecular formula is C16H15ClN2O3. The van der Waals surface area contributed by atoms with Gasteiger partial charge in [0.05, 0.1) is 6.54 Å². The molecule has 0 atom stereocenters. The molecule has 0 aliphatic heterocycles. The van der Waals surface area contributed by atoms with Crippen LogP contribution in [0.4, 0.5) is 4.79 Å². The third kappa shape index (κ3) is 4.79. The zero-order valence-corrected chi connectivity index (χ0v) is 12.5. The van der Waals surface area contributed by atoms with Gasteiger partial charge in [0.15, 0.2) is 0 Å². The lowest BCUT2D eigenvalue weighted by Crippen LogP contribution is -2.47. The van der Waals surface area contributed by atoms with Crippen molar-refractivity contribution in [1.82, 2.24) is 10.4 Å². The molecule has 0 saturated carbocycles. The fourth-order valence-electron chi connectivity index (χ4n) is 1.76. The van der Waals surface area contributed by atoms with E-state index in [0.29, 0.717) is 5.75 Å². The van der Waals surface area contributed by atoms with Crippen LogP contribution in [-0.4, -0.2) is 22.9 Å². The second-order valence-electron chi connectivity index (χ2n) is 4.41. The summed E-state index contributed by atoms with van der Waals surface area (Å²) in [5, 5.41) is 1.13. The number of rotatable bonds is 4. The Balaban J connectivity index is 2.00. The third-order valence-corrected chi connectivity index (χ3v) is 3.01. The van der Waals surface area contributed by atoms with E-state index in [-0.39, 0.29) is 12.4 Å². The Morgan fingerprint density at radius 2 is 1.59 bits per heavy atom. The van der Waals surface area contributed by atoms with Gasteiger partial charge in [0.1, 0.15) is 11.6 Å². The van der Waals surface area contributed by atoms with Crippen molar-refractivity contribution in [2.75, 3.05) is 5.88 Å². The van der Waals surface area contributed by atoms with Crippen LogP contribution in [0.3, 0.4) is 0 Å². The maximum absolute atomic E-state index is 11.9. The van der Waals surface area contributed by atoms with Crippen molar-refractivity contribution in [1.29, 1.82) is 0 Å². The Morgan fingerprint density at radius 3 is 2.18 bits per heavy atom. The minimum Gasteiger partial charge on any atom is -0.409 e. The molecule has 6 heteroatoms. The molecule has 0 heterocycles. The standard InChI is InChI=1S/C16H15ClN2O3/c17-11-15(20)19(12-13-7-3-1-4-8-13)18-16(21)22-14-9-5-2-6-10-14/h1-10H,11-12H2,(H,18,21). The van der Waals surface area contributed by atoms with Gasteiger partial charge in [-0.15, -0.1) is 11.6 Å². The van der Waals surface area contributed by atoms with Gasteiger partial charge in [-0.2, -0.15) is 0 Å². The molecule has 2 aromatic carbocycles. The average molecular weight is 319 g/mol. The van der Waals surface area contributed by atoms with E-state index in [9.17, 15) is 9.59 Å². The van der Waals surface area contributed by atoms with Crippen LogP contribution in [-0.2, 0) is 11.3 Å². The summed E-state index contributed by atoms with van der Waals surface area (Å²) in [5.74, 6) is -0.271. The Bertz CT molecular complexity index is 620. The van der Waals surface area contributed by atoms with E-state index in [1.807, 2.05) is 36.4 Å². The van der Waals surface area contributed by atoms with Gasteiger partial charge in [0.25, 0.3) is 5.91 Å². The first kappa shape index (κ1) is 15.9. The van der Waals surface area contributed by atoms with Gasteiger partial charge in [0, 0.05) is 0 Å². The Kier molecular flexibility index (Phi) is 5.80. The Labute approximate surface area is 133 Å². The van der Waals surface area contributed by atoms with Crippen LogP contribution in [0.25, 0.3) is 0 Å². The van der Waals surface area contributed by atoms with Gasteiger partial charge in [0.2, 0.25) is 0 Å². The molecule has 0 saturated heterocycles. The summed E-state index contributed by atoms with van der Waals surface area (Å²) in [6, 6.07) is 17.8. The normalized spacial score (nSPS) is 9.86. The minimum atomic E-state index is -0.749. The molecule has 0 aliphatic carbocycles. The van der Waals surface area contributed by atoms with Crippen LogP contribution >= 0.6 is 11.6 Å². The largest absolute Gasteiger partial charge is 0.431 e. The van der Waals surface area contributed by atoms with Crippen LogP contribution in [0.15, 0.2) is 60.7 Å². The summed E-state index contributed by atoms with van der Waals surface area (Å²) >= 11 is 5.57. The van der Waals surface area contributed by atoms with Gasteiger partial charge in [-0.25, -0.2) is 15.2 Å². The van der Waals surface area contributed by atoms with Crippen LogP contribution < -0.4 is 10.2 Å². The van der Waals surface area contributed by atoms with Crippen LogP contribution in [0, 0.1) is 0 Å². The SMILES string of the molecule is O=C(NN(Cc1ccccc1)C(=O)CCl)Oc1ccccc1. The highest BCUT2D eigenvalue weighted by molar-refractivity contribution is 6.27. The molecule has 22 heavy (non-hydrogen) atoms. The van der Waals surface area contributed by atoms with Crippen LogP contribution in [0.2, 0.25) is 0 Å². The van der Waals surface area contributed by atoms with E-state index in [2.05, 4.69) is 5.43 Å². The van der Waals surface area contributed by atoms with E-state index < -0.39 is 12.0 Å². The zero-order valence-electron chi connectivity index (χ0n) is 11.7. The quantitative estimate of drug-likeness (QED) is 0.696. The van der Waals surface area contributed by atoms with E-state index in [1.165, 1.54) is 0 Å². The number of hydrogen-bond acceptors (Lipinski definition) is 3. The fraction of sp³-hybridized carbons (Fsp3) is 0.125. The summed E-state index contributed by atoms with van der Waals surface area (Å²) in [7, 11) is 0. The van der Waals surface area contributed by atoms with Crippen molar-refractivity contribution >= 4 is 23.6 Å². The molecule has 0 unspecified atom stereocenters. The first-order valence-corrected chi connectivity index (χ1v) is 7.16. The molecule has 0 bridgehead atoms. The number of amides is 2. The number of hydrogen-bond donors (Lipinski definition) is 1. The number of alkyl halides is 1. The number of para-hydroxylation sites is 1. The molecular weight excluding hydrogens is 304 g/mol. The van der Waals surface area contributed by atoms with E-state index >= 15 is 0 Å². The smallest absolute Gasteiger partial charge is 0.409 e. The highest BCUT2D eigenvalue weighted by atomic mass is 35.5. The number of carbonyl (C=O) groups is 2. The van der Waals surface area contributed by atoms with Crippen molar-refractivity contribution in [3.8, 4) is 5.75 Å². The van der Waals surface area contributed by atoms with Crippen molar-refractivity contribution in [2.45, 2.75) is 6.54 Å². The molecule has 5 nitrogen and oxygen atoms in total. The lowest BCUT2D eigenvalue weighted by Gasteiger charge is -2.22. The molecule has 0 aromatic heterocycles. The maximum Gasteiger partial charge on any atom is 0.431 e. The number of nitrogens with zero attached hydrogens (tertiary/aromatic N) is 1. The van der Waals surface area contributed by atoms with Crippen LogP contribution in [0.5, 0.6) is 5.75 Å². The van der Waals surface area contributed by atoms with Crippen molar-refractivity contribution in [3.05, 3.63) is 66.2 Å². The maximum atomic E-state index is 11.9. The lowest BCUT2D eigenvalue weighted by molar-refractivity contribution is -0.131. The molecule has 2 amide bonds. The van der Waals surface area contributed by atoms with Gasteiger partial charge in [-0.05, 0) is 17.7 Å². The van der Waals surface area contributed by atoms with E-state index in [1.54, 1.807) is 24.3 Å². The summed E-state index contributed by atoms with van der Waals surface area (Å²) in [4.78, 5) is 23.7. The first-order chi connectivity index (χ1) is 10.7. The average Bonchev–Trinajstić information content (AvgIpc) is 2.55. The molecule has 114 valence electrons.